The minimum atomic E-state index is -0.578. The summed E-state index contributed by atoms with van der Waals surface area (Å²) in [5, 5.41) is 0. The second kappa shape index (κ2) is 14.5. The van der Waals surface area contributed by atoms with Gasteiger partial charge in [-0.05, 0) is 41.0 Å². The van der Waals surface area contributed by atoms with Gasteiger partial charge in [0.05, 0.1) is 39.6 Å². The second-order valence-electron chi connectivity index (χ2n) is 11.5. The molecule has 3 aromatic rings. The van der Waals surface area contributed by atoms with E-state index in [2.05, 4.69) is 36.4 Å². The van der Waals surface area contributed by atoms with E-state index in [-0.39, 0.29) is 6.10 Å². The molecule has 0 N–H and O–H groups in total. The molecule has 1 aliphatic carbocycles. The van der Waals surface area contributed by atoms with E-state index >= 15 is 0 Å². The van der Waals surface area contributed by atoms with E-state index in [1.165, 1.54) is 32.1 Å². The molecular weight excluding hydrogens is 516 g/mol. The number of rotatable bonds is 9. The molecule has 2 unspecified atom stereocenters. The van der Waals surface area contributed by atoms with Crippen LogP contribution in [0.3, 0.4) is 0 Å². The van der Waals surface area contributed by atoms with Crippen LogP contribution < -0.4 is 0 Å². The Labute approximate surface area is 243 Å². The Kier molecular flexibility index (Phi) is 10.1. The molecule has 0 spiro atoms. The lowest BCUT2D eigenvalue weighted by molar-refractivity contribution is -0.331. The van der Waals surface area contributed by atoms with Crippen LogP contribution in [0.2, 0.25) is 0 Å². The van der Waals surface area contributed by atoms with Crippen molar-refractivity contribution in [2.45, 2.75) is 89.2 Å². The number of benzene rings is 3. The first-order valence-electron chi connectivity index (χ1n) is 15.2. The standard InChI is InChI=1S/C35H42O6/c1-4-12-26(13-5-1)20-37-32-31-25-36-23-29-18-10-11-19-30(29)24-39-33(32)34(38-21-27-14-6-2-7-15-27)35(41-31)40-22-28-16-8-3-9-17-28/h1-2,4-7,10-15,18-19,28,31-35H,3,8-9,16-17,20-25H2/t31?,32-,33?,34+,35-/m1/s1. The Hall–Kier alpha value is -2.58. The third-order valence-electron chi connectivity index (χ3n) is 8.47. The molecule has 2 bridgehead atoms. The molecule has 6 rings (SSSR count). The summed E-state index contributed by atoms with van der Waals surface area (Å²) in [6, 6.07) is 28.7. The fraction of sp³-hybridized carbons (Fsp3) is 0.486. The smallest absolute Gasteiger partial charge is 0.186 e. The summed E-state index contributed by atoms with van der Waals surface area (Å²) in [7, 11) is 0. The van der Waals surface area contributed by atoms with Gasteiger partial charge in [0.2, 0.25) is 0 Å². The molecule has 1 saturated heterocycles. The van der Waals surface area contributed by atoms with Crippen LogP contribution >= 0.6 is 0 Å². The summed E-state index contributed by atoms with van der Waals surface area (Å²) in [4.78, 5) is 0. The van der Waals surface area contributed by atoms with Crippen LogP contribution in [0.1, 0.15) is 54.4 Å². The molecule has 0 radical (unpaired) electrons. The average molecular weight is 559 g/mol. The molecule has 0 aromatic heterocycles. The third kappa shape index (κ3) is 7.63. The van der Waals surface area contributed by atoms with E-state index in [0.29, 0.717) is 45.6 Å². The third-order valence-corrected chi connectivity index (χ3v) is 8.47. The first kappa shape index (κ1) is 28.5. The van der Waals surface area contributed by atoms with E-state index in [9.17, 15) is 0 Å². The zero-order valence-corrected chi connectivity index (χ0v) is 23.8. The van der Waals surface area contributed by atoms with Crippen molar-refractivity contribution in [3.05, 3.63) is 107 Å². The van der Waals surface area contributed by atoms with Crippen LogP contribution in [0.5, 0.6) is 0 Å². The quantitative estimate of drug-likeness (QED) is 0.295. The fourth-order valence-electron chi connectivity index (χ4n) is 6.14. The molecule has 2 aliphatic heterocycles. The monoisotopic (exact) mass is 558 g/mol. The minimum absolute atomic E-state index is 0.359. The van der Waals surface area contributed by atoms with Crippen molar-refractivity contribution in [1.82, 2.24) is 0 Å². The largest absolute Gasteiger partial charge is 0.374 e. The van der Waals surface area contributed by atoms with Gasteiger partial charge in [0.1, 0.15) is 24.4 Å². The van der Waals surface area contributed by atoms with Crippen LogP contribution in [0.25, 0.3) is 0 Å². The van der Waals surface area contributed by atoms with Crippen molar-refractivity contribution in [2.24, 2.45) is 5.92 Å². The van der Waals surface area contributed by atoms with Crippen molar-refractivity contribution in [3.8, 4) is 0 Å². The van der Waals surface area contributed by atoms with Crippen molar-refractivity contribution < 1.29 is 28.4 Å². The molecule has 41 heavy (non-hydrogen) atoms. The lowest BCUT2D eigenvalue weighted by Crippen LogP contribution is -2.62. The van der Waals surface area contributed by atoms with Crippen LogP contribution in [0.15, 0.2) is 84.9 Å². The molecule has 218 valence electrons. The summed E-state index contributed by atoms with van der Waals surface area (Å²) >= 11 is 0. The molecule has 6 nitrogen and oxygen atoms in total. The van der Waals surface area contributed by atoms with Gasteiger partial charge in [-0.3, -0.25) is 0 Å². The average Bonchev–Trinajstić information content (AvgIpc) is 3.03. The Bertz CT molecular complexity index is 1180. The second-order valence-corrected chi connectivity index (χ2v) is 11.5. The Morgan fingerprint density at radius 1 is 0.634 bits per heavy atom. The van der Waals surface area contributed by atoms with Gasteiger partial charge >= 0.3 is 0 Å². The maximum atomic E-state index is 6.77. The van der Waals surface area contributed by atoms with Gasteiger partial charge in [-0.15, -0.1) is 0 Å². The highest BCUT2D eigenvalue weighted by atomic mass is 16.7. The van der Waals surface area contributed by atoms with Crippen LogP contribution in [-0.2, 0) is 54.8 Å². The Balaban J connectivity index is 1.28. The Morgan fingerprint density at radius 3 is 1.93 bits per heavy atom. The molecule has 2 heterocycles. The van der Waals surface area contributed by atoms with Crippen molar-refractivity contribution >= 4 is 0 Å². The zero-order chi connectivity index (χ0) is 27.7. The van der Waals surface area contributed by atoms with Gasteiger partial charge in [-0.25, -0.2) is 0 Å². The predicted molar refractivity (Wildman–Crippen MR) is 156 cm³/mol. The highest BCUT2D eigenvalue weighted by Crippen LogP contribution is 2.33. The number of ether oxygens (including phenoxy) is 6. The SMILES string of the molecule is c1ccc(CO[C@@H]2C3COCc4ccccc4COC2[C@H](OCc2ccccc2)[C@H](OCC2CCCCC2)O3)cc1. The summed E-state index contributed by atoms with van der Waals surface area (Å²) < 4.78 is 39.6. The number of hydrogen-bond acceptors (Lipinski definition) is 6. The van der Waals surface area contributed by atoms with Gasteiger partial charge < -0.3 is 28.4 Å². The first-order chi connectivity index (χ1) is 20.3. The van der Waals surface area contributed by atoms with Gasteiger partial charge in [0, 0.05) is 0 Å². The molecule has 1 saturated carbocycles. The van der Waals surface area contributed by atoms with Gasteiger partial charge in [-0.2, -0.15) is 0 Å². The van der Waals surface area contributed by atoms with E-state index in [4.69, 9.17) is 28.4 Å². The van der Waals surface area contributed by atoms with Crippen LogP contribution in [0, 0.1) is 5.92 Å². The minimum Gasteiger partial charge on any atom is -0.374 e. The molecular formula is C35H42O6. The number of hydrogen-bond donors (Lipinski definition) is 0. The van der Waals surface area contributed by atoms with E-state index in [1.807, 2.05) is 48.5 Å². The van der Waals surface area contributed by atoms with Gasteiger partial charge in [0.25, 0.3) is 0 Å². The lowest BCUT2D eigenvalue weighted by atomic mass is 9.90. The summed E-state index contributed by atoms with van der Waals surface area (Å²) in [6.07, 6.45) is 4.05. The van der Waals surface area contributed by atoms with Crippen LogP contribution in [0.4, 0.5) is 0 Å². The van der Waals surface area contributed by atoms with Gasteiger partial charge in [0.15, 0.2) is 6.29 Å². The van der Waals surface area contributed by atoms with Crippen molar-refractivity contribution in [3.63, 3.8) is 0 Å². The topological polar surface area (TPSA) is 55.4 Å². The number of fused-ring (bicyclic) bond motifs is 3. The van der Waals surface area contributed by atoms with Crippen molar-refractivity contribution in [1.29, 1.82) is 0 Å². The Morgan fingerprint density at radius 2 is 1.24 bits per heavy atom. The fourth-order valence-corrected chi connectivity index (χ4v) is 6.14. The molecule has 5 atom stereocenters. The molecule has 3 aliphatic rings. The van der Waals surface area contributed by atoms with E-state index in [0.717, 1.165) is 22.3 Å². The van der Waals surface area contributed by atoms with E-state index in [1.54, 1.807) is 0 Å². The normalized spacial score (nSPS) is 27.2. The van der Waals surface area contributed by atoms with Crippen molar-refractivity contribution in [2.75, 3.05) is 13.2 Å². The highest BCUT2D eigenvalue weighted by Gasteiger charge is 2.49. The van der Waals surface area contributed by atoms with Gasteiger partial charge in [-0.1, -0.05) is 104 Å². The first-order valence-corrected chi connectivity index (χ1v) is 15.2. The molecule has 2 fully saturated rings. The predicted octanol–water partition coefficient (Wildman–Crippen LogP) is 6.59. The summed E-state index contributed by atoms with van der Waals surface area (Å²) in [6.45, 7) is 2.85. The molecule has 0 amide bonds. The highest BCUT2D eigenvalue weighted by molar-refractivity contribution is 5.26. The molecule has 3 aromatic carbocycles. The molecule has 6 heteroatoms. The van der Waals surface area contributed by atoms with Crippen LogP contribution in [-0.4, -0.2) is 43.9 Å². The summed E-state index contributed by atoms with van der Waals surface area (Å²) in [5.74, 6) is 0.550. The van der Waals surface area contributed by atoms with E-state index < -0.39 is 24.6 Å². The zero-order valence-electron chi connectivity index (χ0n) is 23.8. The maximum Gasteiger partial charge on any atom is 0.186 e. The summed E-state index contributed by atoms with van der Waals surface area (Å²) in [5.41, 5.74) is 4.43. The maximum absolute atomic E-state index is 6.77. The lowest BCUT2D eigenvalue weighted by Gasteiger charge is -2.46.